The lowest BCUT2D eigenvalue weighted by Crippen LogP contribution is -2.23. The van der Waals surface area contributed by atoms with Gasteiger partial charge in [-0.3, -0.25) is 9.59 Å². The van der Waals surface area contributed by atoms with Crippen LogP contribution in [0.1, 0.15) is 26.3 Å². The average molecular weight is 392 g/mol. The minimum atomic E-state index is -0.529. The predicted molar refractivity (Wildman–Crippen MR) is 105 cm³/mol. The third-order valence-corrected chi connectivity index (χ3v) is 4.40. The van der Waals surface area contributed by atoms with Crippen molar-refractivity contribution in [3.8, 4) is 11.5 Å². The number of carbonyl (C=O) groups is 2. The average Bonchev–Trinajstić information content (AvgIpc) is 3.21. The van der Waals surface area contributed by atoms with Crippen LogP contribution in [0, 0.1) is 5.82 Å². The number of ether oxygens (including phenoxy) is 2. The molecule has 2 amide bonds. The van der Waals surface area contributed by atoms with Crippen LogP contribution in [0.5, 0.6) is 11.5 Å². The highest BCUT2D eigenvalue weighted by molar-refractivity contribution is 6.06. The van der Waals surface area contributed by atoms with Gasteiger partial charge >= 0.3 is 0 Å². The monoisotopic (exact) mass is 392 g/mol. The molecule has 0 radical (unpaired) electrons. The molecule has 0 aromatic heterocycles. The summed E-state index contributed by atoms with van der Waals surface area (Å²) in [6.45, 7) is 0.480. The second-order valence-electron chi connectivity index (χ2n) is 6.39. The summed E-state index contributed by atoms with van der Waals surface area (Å²) in [7, 11) is 0. The van der Waals surface area contributed by atoms with E-state index in [4.69, 9.17) is 9.47 Å². The van der Waals surface area contributed by atoms with Gasteiger partial charge in [0.15, 0.2) is 11.5 Å². The maximum Gasteiger partial charge on any atom is 0.255 e. The van der Waals surface area contributed by atoms with Crippen molar-refractivity contribution in [2.24, 2.45) is 0 Å². The van der Waals surface area contributed by atoms with E-state index in [0.29, 0.717) is 23.6 Å². The Hall–Kier alpha value is -3.87. The number of amides is 2. The van der Waals surface area contributed by atoms with E-state index in [0.717, 1.165) is 5.56 Å². The highest BCUT2D eigenvalue weighted by Crippen LogP contribution is 2.32. The fourth-order valence-electron chi connectivity index (χ4n) is 2.89. The lowest BCUT2D eigenvalue weighted by atomic mass is 10.1. The lowest BCUT2D eigenvalue weighted by molar-refractivity contribution is 0.0951. The molecule has 3 aromatic rings. The van der Waals surface area contributed by atoms with Gasteiger partial charge < -0.3 is 20.1 Å². The van der Waals surface area contributed by atoms with Crippen molar-refractivity contribution >= 4 is 17.5 Å². The van der Waals surface area contributed by atoms with E-state index in [1.54, 1.807) is 36.4 Å². The molecular formula is C22H17FN2O4. The molecular weight excluding hydrogens is 375 g/mol. The molecule has 0 bridgehead atoms. The van der Waals surface area contributed by atoms with Gasteiger partial charge in [-0.2, -0.15) is 0 Å². The van der Waals surface area contributed by atoms with Crippen molar-refractivity contribution in [2.75, 3.05) is 12.1 Å². The summed E-state index contributed by atoms with van der Waals surface area (Å²) in [6, 6.07) is 17.6. The molecule has 0 saturated carbocycles. The summed E-state index contributed by atoms with van der Waals surface area (Å²) < 4.78 is 24.3. The molecule has 0 aliphatic carbocycles. The molecule has 2 N–H and O–H groups in total. The Morgan fingerprint density at radius 1 is 0.862 bits per heavy atom. The number of benzene rings is 3. The van der Waals surface area contributed by atoms with Crippen molar-refractivity contribution in [2.45, 2.75) is 6.54 Å². The van der Waals surface area contributed by atoms with Gasteiger partial charge in [-0.1, -0.05) is 24.3 Å². The van der Waals surface area contributed by atoms with Gasteiger partial charge in [0.1, 0.15) is 5.82 Å². The topological polar surface area (TPSA) is 76.7 Å². The molecule has 0 unspecified atom stereocenters. The molecule has 0 fully saturated rings. The number of carbonyl (C=O) groups excluding carboxylic acids is 2. The van der Waals surface area contributed by atoms with E-state index in [2.05, 4.69) is 10.6 Å². The van der Waals surface area contributed by atoms with Crippen molar-refractivity contribution in [1.29, 1.82) is 0 Å². The minimum Gasteiger partial charge on any atom is -0.454 e. The van der Waals surface area contributed by atoms with E-state index in [9.17, 15) is 14.0 Å². The Bertz CT molecular complexity index is 1080. The fraction of sp³-hybridized carbons (Fsp3) is 0.0909. The molecule has 29 heavy (non-hydrogen) atoms. The first-order valence-electron chi connectivity index (χ1n) is 8.93. The third kappa shape index (κ3) is 4.19. The quantitative estimate of drug-likeness (QED) is 0.694. The van der Waals surface area contributed by atoms with Crippen LogP contribution in [-0.4, -0.2) is 18.6 Å². The van der Waals surface area contributed by atoms with E-state index in [1.165, 1.54) is 24.3 Å². The van der Waals surface area contributed by atoms with Crippen LogP contribution in [0.3, 0.4) is 0 Å². The van der Waals surface area contributed by atoms with Crippen LogP contribution in [0.2, 0.25) is 0 Å². The molecule has 1 aliphatic heterocycles. The SMILES string of the molecule is O=C(NCc1ccc2c(c1)OCO2)c1cccc(C(=O)Nc2ccccc2F)c1. The van der Waals surface area contributed by atoms with Gasteiger partial charge in [-0.15, -0.1) is 0 Å². The molecule has 4 rings (SSSR count). The Labute approximate surface area is 166 Å². The van der Waals surface area contributed by atoms with Crippen molar-refractivity contribution in [3.63, 3.8) is 0 Å². The van der Waals surface area contributed by atoms with Gasteiger partial charge in [0.05, 0.1) is 5.69 Å². The van der Waals surface area contributed by atoms with Crippen LogP contribution >= 0.6 is 0 Å². The standard InChI is InChI=1S/C22H17FN2O4/c23-17-6-1-2-7-18(17)25-22(27)16-5-3-4-15(11-16)21(26)24-12-14-8-9-19-20(10-14)29-13-28-19/h1-11H,12-13H2,(H,24,26)(H,25,27). The minimum absolute atomic E-state index is 0.0789. The maximum atomic E-state index is 13.7. The first kappa shape index (κ1) is 18.5. The third-order valence-electron chi connectivity index (χ3n) is 4.40. The van der Waals surface area contributed by atoms with Crippen molar-refractivity contribution in [3.05, 3.63) is 89.2 Å². The summed E-state index contributed by atoms with van der Waals surface area (Å²) in [5.74, 6) is -0.0422. The van der Waals surface area contributed by atoms with Gasteiger partial charge in [0.25, 0.3) is 11.8 Å². The lowest BCUT2D eigenvalue weighted by Gasteiger charge is -2.09. The van der Waals surface area contributed by atoms with Gasteiger partial charge in [-0.05, 0) is 48.0 Å². The molecule has 0 saturated heterocycles. The van der Waals surface area contributed by atoms with Gasteiger partial charge in [-0.25, -0.2) is 4.39 Å². The highest BCUT2D eigenvalue weighted by Gasteiger charge is 2.15. The zero-order chi connectivity index (χ0) is 20.2. The first-order chi connectivity index (χ1) is 14.1. The summed E-state index contributed by atoms with van der Waals surface area (Å²) in [5.41, 5.74) is 1.52. The molecule has 1 heterocycles. The summed E-state index contributed by atoms with van der Waals surface area (Å²) >= 11 is 0. The van der Waals surface area contributed by atoms with Gasteiger partial charge in [0, 0.05) is 17.7 Å². The van der Waals surface area contributed by atoms with E-state index in [1.807, 2.05) is 6.07 Å². The molecule has 0 spiro atoms. The number of rotatable bonds is 5. The predicted octanol–water partition coefficient (Wildman–Crippen LogP) is 3.74. The number of halogens is 1. The summed E-state index contributed by atoms with van der Waals surface area (Å²) in [4.78, 5) is 24.9. The van der Waals surface area contributed by atoms with Crippen LogP contribution in [0.4, 0.5) is 10.1 Å². The first-order valence-corrected chi connectivity index (χ1v) is 8.93. The zero-order valence-corrected chi connectivity index (χ0v) is 15.3. The van der Waals surface area contributed by atoms with Gasteiger partial charge in [0.2, 0.25) is 6.79 Å². The number of nitrogens with one attached hydrogen (secondary N) is 2. The number of para-hydroxylation sites is 1. The number of fused-ring (bicyclic) bond motifs is 1. The second kappa shape index (κ2) is 8.02. The zero-order valence-electron chi connectivity index (χ0n) is 15.3. The number of hydrogen-bond acceptors (Lipinski definition) is 4. The fourth-order valence-corrected chi connectivity index (χ4v) is 2.89. The van der Waals surface area contributed by atoms with Crippen molar-refractivity contribution < 1.29 is 23.5 Å². The number of hydrogen-bond donors (Lipinski definition) is 2. The maximum absolute atomic E-state index is 13.7. The Morgan fingerprint density at radius 2 is 1.62 bits per heavy atom. The number of anilines is 1. The largest absolute Gasteiger partial charge is 0.454 e. The Morgan fingerprint density at radius 3 is 2.45 bits per heavy atom. The molecule has 6 nitrogen and oxygen atoms in total. The van der Waals surface area contributed by atoms with Crippen LogP contribution < -0.4 is 20.1 Å². The Kier molecular flexibility index (Phi) is 5.11. The normalized spacial score (nSPS) is 11.8. The molecule has 146 valence electrons. The van der Waals surface area contributed by atoms with E-state index < -0.39 is 11.7 Å². The molecule has 7 heteroatoms. The van der Waals surface area contributed by atoms with E-state index >= 15 is 0 Å². The molecule has 0 atom stereocenters. The van der Waals surface area contributed by atoms with Crippen LogP contribution in [-0.2, 0) is 6.54 Å². The summed E-state index contributed by atoms with van der Waals surface area (Å²) in [5, 5.41) is 5.31. The van der Waals surface area contributed by atoms with Crippen LogP contribution in [0.15, 0.2) is 66.7 Å². The van der Waals surface area contributed by atoms with E-state index in [-0.39, 0.29) is 24.0 Å². The summed E-state index contributed by atoms with van der Waals surface area (Å²) in [6.07, 6.45) is 0. The second-order valence-corrected chi connectivity index (χ2v) is 6.39. The molecule has 1 aliphatic rings. The molecule has 3 aromatic carbocycles. The van der Waals surface area contributed by atoms with Crippen LogP contribution in [0.25, 0.3) is 0 Å². The van der Waals surface area contributed by atoms with Crippen molar-refractivity contribution in [1.82, 2.24) is 5.32 Å². The smallest absolute Gasteiger partial charge is 0.255 e. The Balaban J connectivity index is 1.42. The highest BCUT2D eigenvalue weighted by atomic mass is 19.1.